The van der Waals surface area contributed by atoms with Crippen molar-refractivity contribution in [1.29, 1.82) is 0 Å². The number of hydrogen-bond donors (Lipinski definition) is 2. The van der Waals surface area contributed by atoms with Gasteiger partial charge < -0.3 is 10.2 Å². The van der Waals surface area contributed by atoms with E-state index in [1.807, 2.05) is 26.0 Å². The molecule has 0 radical (unpaired) electrons. The molecule has 2 aromatic carbocycles. The summed E-state index contributed by atoms with van der Waals surface area (Å²) in [6, 6.07) is 7.02. The van der Waals surface area contributed by atoms with Crippen molar-refractivity contribution in [3.05, 3.63) is 35.4 Å². The molecule has 0 fully saturated rings. The standard InChI is InChI=1S/C16H18O3/c1-3-10-5-12-6-11(7-13(17)4-2)9-15(19)16(12)14(18)8-10/h5-6,8-9,18-19H,3-4,7H2,1-2H3. The molecule has 3 nitrogen and oxygen atoms in total. The Morgan fingerprint density at radius 2 is 1.58 bits per heavy atom. The molecule has 100 valence electrons. The molecule has 2 N–H and O–H groups in total. The maximum atomic E-state index is 11.5. The molecule has 0 saturated heterocycles. The average molecular weight is 258 g/mol. The third-order valence-corrected chi connectivity index (χ3v) is 3.33. The summed E-state index contributed by atoms with van der Waals surface area (Å²) in [6.45, 7) is 3.83. The summed E-state index contributed by atoms with van der Waals surface area (Å²) in [5.74, 6) is 0.242. The number of Topliss-reactive ketones (excluding diaryl/α,β-unsaturated/α-hetero) is 1. The van der Waals surface area contributed by atoms with E-state index in [1.54, 1.807) is 12.1 Å². The number of phenols is 2. The predicted molar refractivity (Wildman–Crippen MR) is 75.7 cm³/mol. The summed E-state index contributed by atoms with van der Waals surface area (Å²) in [5, 5.41) is 21.2. The first kappa shape index (κ1) is 13.4. The lowest BCUT2D eigenvalue weighted by molar-refractivity contribution is -0.118. The fourth-order valence-corrected chi connectivity index (χ4v) is 2.25. The van der Waals surface area contributed by atoms with E-state index in [0.717, 1.165) is 22.9 Å². The van der Waals surface area contributed by atoms with Crippen molar-refractivity contribution in [1.82, 2.24) is 0 Å². The second kappa shape index (κ2) is 5.31. The van der Waals surface area contributed by atoms with Crippen LogP contribution in [0.1, 0.15) is 31.4 Å². The van der Waals surface area contributed by atoms with Gasteiger partial charge in [-0.25, -0.2) is 0 Å². The first-order valence-corrected chi connectivity index (χ1v) is 6.54. The van der Waals surface area contributed by atoms with Crippen LogP contribution in [0.4, 0.5) is 0 Å². The molecule has 2 rings (SSSR count). The maximum Gasteiger partial charge on any atom is 0.136 e. The highest BCUT2D eigenvalue weighted by atomic mass is 16.3. The quantitative estimate of drug-likeness (QED) is 0.884. The lowest BCUT2D eigenvalue weighted by Crippen LogP contribution is -2.00. The summed E-state index contributed by atoms with van der Waals surface area (Å²) in [5.41, 5.74) is 1.79. The van der Waals surface area contributed by atoms with E-state index in [4.69, 9.17) is 0 Å². The van der Waals surface area contributed by atoms with Gasteiger partial charge >= 0.3 is 0 Å². The summed E-state index contributed by atoms with van der Waals surface area (Å²) in [6.07, 6.45) is 1.61. The third kappa shape index (κ3) is 2.70. The molecular formula is C16H18O3. The number of fused-ring (bicyclic) bond motifs is 1. The Labute approximate surface area is 112 Å². The Morgan fingerprint density at radius 3 is 2.16 bits per heavy atom. The third-order valence-electron chi connectivity index (χ3n) is 3.33. The zero-order valence-corrected chi connectivity index (χ0v) is 11.2. The molecule has 0 aliphatic rings. The molecular weight excluding hydrogens is 240 g/mol. The minimum Gasteiger partial charge on any atom is -0.507 e. The first-order valence-electron chi connectivity index (χ1n) is 6.54. The lowest BCUT2D eigenvalue weighted by atomic mass is 9.98. The average Bonchev–Trinajstić information content (AvgIpc) is 2.37. The van der Waals surface area contributed by atoms with Crippen LogP contribution in [0.15, 0.2) is 24.3 Å². The minimum atomic E-state index is 0.0246. The SMILES string of the molecule is CCC(=O)Cc1cc(O)c2c(O)cc(CC)cc2c1. The molecule has 0 heterocycles. The van der Waals surface area contributed by atoms with Gasteiger partial charge in [0.05, 0.1) is 5.39 Å². The number of benzene rings is 2. The fraction of sp³-hybridized carbons (Fsp3) is 0.312. The van der Waals surface area contributed by atoms with Gasteiger partial charge in [0.1, 0.15) is 17.3 Å². The van der Waals surface area contributed by atoms with E-state index in [9.17, 15) is 15.0 Å². The van der Waals surface area contributed by atoms with Crippen LogP contribution in [0.25, 0.3) is 10.8 Å². The summed E-state index contributed by atoms with van der Waals surface area (Å²) in [7, 11) is 0. The van der Waals surface area contributed by atoms with Crippen molar-refractivity contribution in [2.24, 2.45) is 0 Å². The second-order valence-corrected chi connectivity index (χ2v) is 4.75. The van der Waals surface area contributed by atoms with Crippen molar-refractivity contribution >= 4 is 16.6 Å². The van der Waals surface area contributed by atoms with Gasteiger partial charge in [-0.2, -0.15) is 0 Å². The summed E-state index contributed by atoms with van der Waals surface area (Å²) >= 11 is 0. The Kier molecular flexibility index (Phi) is 3.74. The van der Waals surface area contributed by atoms with E-state index >= 15 is 0 Å². The smallest absolute Gasteiger partial charge is 0.136 e. The van der Waals surface area contributed by atoms with Crippen LogP contribution in [-0.2, 0) is 17.6 Å². The molecule has 0 aliphatic heterocycles. The number of hydrogen-bond acceptors (Lipinski definition) is 3. The number of ketones is 1. The van der Waals surface area contributed by atoms with Gasteiger partial charge in [0.15, 0.2) is 0 Å². The van der Waals surface area contributed by atoms with Gasteiger partial charge in [0.2, 0.25) is 0 Å². The van der Waals surface area contributed by atoms with Crippen LogP contribution in [-0.4, -0.2) is 16.0 Å². The van der Waals surface area contributed by atoms with Crippen LogP contribution in [0.2, 0.25) is 0 Å². The molecule has 0 unspecified atom stereocenters. The molecule has 0 saturated carbocycles. The zero-order valence-electron chi connectivity index (χ0n) is 11.2. The van der Waals surface area contributed by atoms with Crippen LogP contribution < -0.4 is 0 Å². The van der Waals surface area contributed by atoms with E-state index in [2.05, 4.69) is 0 Å². The monoisotopic (exact) mass is 258 g/mol. The topological polar surface area (TPSA) is 57.5 Å². The zero-order chi connectivity index (χ0) is 14.0. The Hall–Kier alpha value is -2.03. The highest BCUT2D eigenvalue weighted by Crippen LogP contribution is 2.35. The first-order chi connectivity index (χ1) is 9.05. The number of carbonyl (C=O) groups is 1. The molecule has 0 amide bonds. The van der Waals surface area contributed by atoms with E-state index in [0.29, 0.717) is 18.2 Å². The summed E-state index contributed by atoms with van der Waals surface area (Å²) in [4.78, 5) is 11.5. The van der Waals surface area contributed by atoms with Crippen LogP contribution in [0.3, 0.4) is 0 Å². The highest BCUT2D eigenvalue weighted by molar-refractivity contribution is 5.95. The largest absolute Gasteiger partial charge is 0.507 e. The highest BCUT2D eigenvalue weighted by Gasteiger charge is 2.10. The molecule has 2 aromatic rings. The lowest BCUT2D eigenvalue weighted by Gasteiger charge is -2.09. The molecule has 0 aliphatic carbocycles. The van der Waals surface area contributed by atoms with Gasteiger partial charge in [-0.05, 0) is 35.1 Å². The Bertz CT molecular complexity index is 629. The molecule has 0 spiro atoms. The van der Waals surface area contributed by atoms with Gasteiger partial charge in [-0.3, -0.25) is 4.79 Å². The van der Waals surface area contributed by atoms with Crippen molar-refractivity contribution < 1.29 is 15.0 Å². The van der Waals surface area contributed by atoms with Crippen LogP contribution in [0.5, 0.6) is 11.5 Å². The minimum absolute atomic E-state index is 0.0246. The molecule has 0 bridgehead atoms. The second-order valence-electron chi connectivity index (χ2n) is 4.75. The van der Waals surface area contributed by atoms with Gasteiger partial charge in [0, 0.05) is 12.8 Å². The maximum absolute atomic E-state index is 11.5. The number of rotatable bonds is 4. The number of aromatic hydroxyl groups is 2. The van der Waals surface area contributed by atoms with Gasteiger partial charge in [-0.1, -0.05) is 26.0 Å². The number of carbonyl (C=O) groups excluding carboxylic acids is 1. The van der Waals surface area contributed by atoms with Crippen LogP contribution >= 0.6 is 0 Å². The van der Waals surface area contributed by atoms with Gasteiger partial charge in [0.25, 0.3) is 0 Å². The Balaban J connectivity index is 2.57. The number of aryl methyl sites for hydroxylation is 1. The van der Waals surface area contributed by atoms with Crippen molar-refractivity contribution in [3.8, 4) is 11.5 Å². The van der Waals surface area contributed by atoms with Gasteiger partial charge in [-0.15, -0.1) is 0 Å². The predicted octanol–water partition coefficient (Wildman–Crippen LogP) is 3.34. The normalized spacial score (nSPS) is 10.8. The van der Waals surface area contributed by atoms with Crippen molar-refractivity contribution in [2.75, 3.05) is 0 Å². The molecule has 3 heteroatoms. The van der Waals surface area contributed by atoms with Crippen molar-refractivity contribution in [2.45, 2.75) is 33.1 Å². The molecule has 19 heavy (non-hydrogen) atoms. The van der Waals surface area contributed by atoms with E-state index in [-0.39, 0.29) is 17.3 Å². The van der Waals surface area contributed by atoms with Crippen molar-refractivity contribution in [3.63, 3.8) is 0 Å². The van der Waals surface area contributed by atoms with Crippen LogP contribution in [0, 0.1) is 0 Å². The molecule has 0 atom stereocenters. The number of phenolic OH excluding ortho intramolecular Hbond substituents is 2. The van der Waals surface area contributed by atoms with E-state index < -0.39 is 0 Å². The summed E-state index contributed by atoms with van der Waals surface area (Å²) < 4.78 is 0. The fourth-order valence-electron chi connectivity index (χ4n) is 2.25. The molecule has 0 aromatic heterocycles. The van der Waals surface area contributed by atoms with E-state index in [1.165, 1.54) is 0 Å². The Morgan fingerprint density at radius 1 is 1.00 bits per heavy atom.